The molecule has 2 aromatic carbocycles. The molecule has 0 atom stereocenters. The van der Waals surface area contributed by atoms with Crippen molar-refractivity contribution >= 4 is 31.6 Å². The summed E-state index contributed by atoms with van der Waals surface area (Å²) < 4.78 is 54.3. The Bertz CT molecular complexity index is 1110. The van der Waals surface area contributed by atoms with Gasteiger partial charge in [-0.15, -0.1) is 0 Å². The highest BCUT2D eigenvalue weighted by atomic mass is 32.2. The van der Waals surface area contributed by atoms with Gasteiger partial charge in [-0.05, 0) is 42.0 Å². The minimum Gasteiger partial charge on any atom is -0.379 e. The summed E-state index contributed by atoms with van der Waals surface area (Å²) in [6.45, 7) is 1.75. The van der Waals surface area contributed by atoms with E-state index in [1.165, 1.54) is 40.7 Å². The number of amides is 1. The van der Waals surface area contributed by atoms with Gasteiger partial charge in [-0.25, -0.2) is 22.0 Å². The molecule has 4 N–H and O–H groups in total. The lowest BCUT2D eigenvalue weighted by Crippen LogP contribution is -2.40. The molecule has 2 aromatic rings. The van der Waals surface area contributed by atoms with Crippen LogP contribution in [0.2, 0.25) is 0 Å². The topological polar surface area (TPSA) is 148 Å². The molecule has 1 saturated heterocycles. The van der Waals surface area contributed by atoms with Gasteiger partial charge in [0.05, 0.1) is 29.5 Å². The first-order valence-corrected chi connectivity index (χ1v) is 12.5. The van der Waals surface area contributed by atoms with Crippen molar-refractivity contribution in [3.8, 4) is 0 Å². The summed E-state index contributed by atoms with van der Waals surface area (Å²) in [6.07, 6.45) is 0. The lowest BCUT2D eigenvalue weighted by atomic mass is 10.2. The number of nitrogens with two attached hydrogens (primary N) is 1. The summed E-state index contributed by atoms with van der Waals surface area (Å²) in [7, 11) is -7.32. The molecule has 0 aromatic heterocycles. The van der Waals surface area contributed by atoms with Gasteiger partial charge in [-0.2, -0.15) is 4.31 Å². The molecule has 31 heavy (non-hydrogen) atoms. The van der Waals surface area contributed by atoms with Gasteiger partial charge in [0, 0.05) is 25.3 Å². The van der Waals surface area contributed by atoms with E-state index in [9.17, 15) is 21.6 Å². The van der Waals surface area contributed by atoms with Gasteiger partial charge in [0.2, 0.25) is 26.0 Å². The number of sulfonamides is 2. The summed E-state index contributed by atoms with van der Waals surface area (Å²) in [5, 5.41) is 10.7. The summed E-state index contributed by atoms with van der Waals surface area (Å²) in [5.41, 5.74) is 1.27. The monoisotopic (exact) mass is 468 g/mol. The molecule has 1 heterocycles. The molecule has 1 amide bonds. The molecular weight excluding hydrogens is 444 g/mol. The summed E-state index contributed by atoms with van der Waals surface area (Å²) in [5.74, 6) is -0.301. The molecule has 0 spiro atoms. The number of carbonyl (C=O) groups is 1. The average molecular weight is 469 g/mol. The zero-order valence-corrected chi connectivity index (χ0v) is 18.3. The number of hydrogen-bond acceptors (Lipinski definition) is 7. The summed E-state index contributed by atoms with van der Waals surface area (Å²) in [4.78, 5) is 12.3. The van der Waals surface area contributed by atoms with Gasteiger partial charge >= 0.3 is 0 Å². The predicted octanol–water partition coefficient (Wildman–Crippen LogP) is 0.0832. The molecule has 1 aliphatic rings. The van der Waals surface area contributed by atoms with Gasteiger partial charge in [0.1, 0.15) is 0 Å². The normalized spacial score (nSPS) is 15.5. The standard InChI is InChI=1S/C19H24N4O6S2/c20-30(25,26)17-5-1-15(2-6-17)13-21-14-19(24)22-16-3-7-18(8-4-16)31(27,28)23-9-11-29-12-10-23/h1-8,21H,9-14H2,(H,22,24)(H2,20,25,26). The van der Waals surface area contributed by atoms with Gasteiger partial charge in [-0.1, -0.05) is 12.1 Å². The number of morpholine rings is 1. The molecule has 0 unspecified atom stereocenters. The Labute approximate surface area is 181 Å². The first kappa shape index (κ1) is 23.3. The highest BCUT2D eigenvalue weighted by Gasteiger charge is 2.26. The molecule has 10 nitrogen and oxygen atoms in total. The number of primary sulfonamides is 1. The van der Waals surface area contributed by atoms with E-state index in [2.05, 4.69) is 10.6 Å². The number of nitrogens with zero attached hydrogens (tertiary/aromatic N) is 1. The highest BCUT2D eigenvalue weighted by molar-refractivity contribution is 7.89. The van der Waals surface area contributed by atoms with Crippen LogP contribution in [0.3, 0.4) is 0 Å². The summed E-state index contributed by atoms with van der Waals surface area (Å²) >= 11 is 0. The van der Waals surface area contributed by atoms with Crippen molar-refractivity contribution in [3.63, 3.8) is 0 Å². The van der Waals surface area contributed by atoms with Crippen molar-refractivity contribution in [2.75, 3.05) is 38.2 Å². The van der Waals surface area contributed by atoms with Crippen molar-refractivity contribution in [3.05, 3.63) is 54.1 Å². The quantitative estimate of drug-likeness (QED) is 0.497. The Morgan fingerprint density at radius 3 is 2.10 bits per heavy atom. The van der Waals surface area contributed by atoms with Crippen molar-refractivity contribution in [2.45, 2.75) is 16.3 Å². The lowest BCUT2D eigenvalue weighted by Gasteiger charge is -2.26. The Morgan fingerprint density at radius 1 is 0.935 bits per heavy atom. The second-order valence-corrected chi connectivity index (χ2v) is 10.4. The van der Waals surface area contributed by atoms with Crippen LogP contribution in [0.4, 0.5) is 5.69 Å². The fourth-order valence-corrected chi connectivity index (χ4v) is 4.89. The number of carbonyl (C=O) groups excluding carboxylic acids is 1. The van der Waals surface area contributed by atoms with Gasteiger partial charge in [0.25, 0.3) is 0 Å². The Morgan fingerprint density at radius 2 is 1.52 bits per heavy atom. The number of hydrogen-bond donors (Lipinski definition) is 3. The van der Waals surface area contributed by atoms with E-state index in [-0.39, 0.29) is 22.2 Å². The van der Waals surface area contributed by atoms with Crippen molar-refractivity contribution in [1.29, 1.82) is 0 Å². The van der Waals surface area contributed by atoms with E-state index in [1.807, 2.05) is 0 Å². The molecule has 12 heteroatoms. The largest absolute Gasteiger partial charge is 0.379 e. The molecule has 0 aliphatic carbocycles. The second kappa shape index (κ2) is 9.85. The average Bonchev–Trinajstić information content (AvgIpc) is 2.74. The Hall–Kier alpha value is -2.35. The number of benzene rings is 2. The third-order valence-electron chi connectivity index (χ3n) is 4.61. The zero-order valence-electron chi connectivity index (χ0n) is 16.7. The Kier molecular flexibility index (Phi) is 7.41. The molecule has 0 bridgehead atoms. The van der Waals surface area contributed by atoms with Gasteiger partial charge < -0.3 is 15.4 Å². The van der Waals surface area contributed by atoms with Gasteiger partial charge in [-0.3, -0.25) is 4.79 Å². The second-order valence-electron chi connectivity index (χ2n) is 6.88. The van der Waals surface area contributed by atoms with E-state index in [0.29, 0.717) is 38.5 Å². The maximum absolute atomic E-state index is 12.6. The van der Waals surface area contributed by atoms with Crippen LogP contribution in [0, 0.1) is 0 Å². The SMILES string of the molecule is NS(=O)(=O)c1ccc(CNCC(=O)Nc2ccc(S(=O)(=O)N3CCOCC3)cc2)cc1. The fourth-order valence-electron chi connectivity index (χ4n) is 2.97. The molecule has 168 valence electrons. The smallest absolute Gasteiger partial charge is 0.243 e. The highest BCUT2D eigenvalue weighted by Crippen LogP contribution is 2.19. The minimum atomic E-state index is -3.74. The predicted molar refractivity (Wildman–Crippen MR) is 114 cm³/mol. The van der Waals surface area contributed by atoms with Crippen molar-refractivity contribution in [2.24, 2.45) is 5.14 Å². The molecule has 1 aliphatic heterocycles. The minimum absolute atomic E-state index is 0.0186. The number of nitrogens with one attached hydrogen (secondary N) is 2. The maximum Gasteiger partial charge on any atom is 0.243 e. The lowest BCUT2D eigenvalue weighted by molar-refractivity contribution is -0.115. The third kappa shape index (κ3) is 6.32. The number of ether oxygens (including phenoxy) is 1. The third-order valence-corrected chi connectivity index (χ3v) is 7.45. The van der Waals surface area contributed by atoms with Crippen LogP contribution in [0.5, 0.6) is 0 Å². The summed E-state index contributed by atoms with van der Waals surface area (Å²) in [6, 6.07) is 12.0. The van der Waals surface area contributed by atoms with Crippen molar-refractivity contribution in [1.82, 2.24) is 9.62 Å². The maximum atomic E-state index is 12.6. The fraction of sp³-hybridized carbons (Fsp3) is 0.316. The molecule has 0 saturated carbocycles. The van der Waals surface area contributed by atoms with E-state index in [4.69, 9.17) is 9.88 Å². The van der Waals surface area contributed by atoms with E-state index >= 15 is 0 Å². The van der Waals surface area contributed by atoms with E-state index < -0.39 is 20.0 Å². The van der Waals surface area contributed by atoms with Gasteiger partial charge in [0.15, 0.2) is 0 Å². The van der Waals surface area contributed by atoms with Crippen LogP contribution < -0.4 is 15.8 Å². The van der Waals surface area contributed by atoms with E-state index in [1.54, 1.807) is 12.1 Å². The van der Waals surface area contributed by atoms with Crippen LogP contribution in [-0.4, -0.2) is 59.9 Å². The van der Waals surface area contributed by atoms with Crippen LogP contribution in [0.25, 0.3) is 0 Å². The van der Waals surface area contributed by atoms with Crippen LogP contribution in [0.15, 0.2) is 58.3 Å². The first-order valence-electron chi connectivity index (χ1n) is 9.46. The number of anilines is 1. The van der Waals surface area contributed by atoms with Crippen LogP contribution in [0.1, 0.15) is 5.56 Å². The van der Waals surface area contributed by atoms with E-state index in [0.717, 1.165) is 5.56 Å². The molecule has 3 rings (SSSR count). The zero-order chi connectivity index (χ0) is 22.5. The van der Waals surface area contributed by atoms with Crippen molar-refractivity contribution < 1.29 is 26.4 Å². The Balaban J connectivity index is 1.49. The first-order chi connectivity index (χ1) is 14.7. The molecule has 1 fully saturated rings. The van der Waals surface area contributed by atoms with Crippen LogP contribution >= 0.6 is 0 Å². The molecule has 0 radical (unpaired) electrons. The number of rotatable bonds is 8. The van der Waals surface area contributed by atoms with Crippen LogP contribution in [-0.2, 0) is 36.1 Å². The molecular formula is C19H24N4O6S2.